The van der Waals surface area contributed by atoms with Gasteiger partial charge < -0.3 is 9.42 Å². The molecule has 0 radical (unpaired) electrons. The highest BCUT2D eigenvalue weighted by Crippen LogP contribution is 2.50. The molecule has 0 unspecified atom stereocenters. The highest BCUT2D eigenvalue weighted by Gasteiger charge is 2.27. The van der Waals surface area contributed by atoms with Crippen LogP contribution in [0.3, 0.4) is 0 Å². The predicted molar refractivity (Wildman–Crippen MR) is 69.2 cm³/mol. The summed E-state index contributed by atoms with van der Waals surface area (Å²) in [5.41, 5.74) is 1.05. The van der Waals surface area contributed by atoms with E-state index in [4.69, 9.17) is 16.1 Å². The fourth-order valence-electron chi connectivity index (χ4n) is 1.22. The number of hydrogen-bond acceptors (Lipinski definition) is 5. The van der Waals surface area contributed by atoms with Gasteiger partial charge in [0, 0.05) is 32.8 Å². The van der Waals surface area contributed by atoms with Gasteiger partial charge in [-0.25, -0.2) is 4.57 Å². The van der Waals surface area contributed by atoms with Crippen LogP contribution in [0.25, 0.3) is 0 Å². The average molecular weight is 300 g/mol. The third-order valence-electron chi connectivity index (χ3n) is 2.24. The first-order valence-electron chi connectivity index (χ1n) is 5.44. The number of halogens is 1. The van der Waals surface area contributed by atoms with Gasteiger partial charge in [-0.2, -0.15) is 0 Å². The van der Waals surface area contributed by atoms with E-state index < -0.39 is 7.82 Å². The zero-order valence-electron chi connectivity index (χ0n) is 11.0. The summed E-state index contributed by atoms with van der Waals surface area (Å²) in [6, 6.07) is 0. The van der Waals surface area contributed by atoms with Crippen LogP contribution in [0, 0.1) is 0 Å². The van der Waals surface area contributed by atoms with Crippen LogP contribution in [-0.4, -0.2) is 38.1 Å². The van der Waals surface area contributed by atoms with Crippen molar-refractivity contribution in [2.45, 2.75) is 20.3 Å². The Labute approximate surface area is 112 Å². The molecule has 0 rings (SSSR count). The van der Waals surface area contributed by atoms with E-state index in [-0.39, 0.29) is 18.1 Å². The smallest absolute Gasteiger partial charge is 0.407 e. The molecule has 0 N–H and O–H groups in total. The molecule has 0 aliphatic rings. The highest BCUT2D eigenvalue weighted by atomic mass is 35.5. The first-order valence-corrected chi connectivity index (χ1v) is 7.34. The van der Waals surface area contributed by atoms with Crippen LogP contribution in [0.1, 0.15) is 20.3 Å². The minimum atomic E-state index is -3.68. The fourth-order valence-corrected chi connectivity index (χ4v) is 2.11. The van der Waals surface area contributed by atoms with E-state index in [1.807, 2.05) is 13.8 Å². The molecule has 1 amide bonds. The summed E-state index contributed by atoms with van der Waals surface area (Å²) in [6.45, 7) is 4.89. The number of nitrogens with zero attached hydrogens (tertiary/aromatic N) is 1. The molecule has 0 saturated carbocycles. The normalized spacial score (nSPS) is 12.4. The second kappa shape index (κ2) is 8.53. The van der Waals surface area contributed by atoms with Gasteiger partial charge in [0.15, 0.2) is 0 Å². The lowest BCUT2D eigenvalue weighted by Crippen LogP contribution is -2.30. The van der Waals surface area contributed by atoms with E-state index in [0.29, 0.717) is 13.1 Å². The van der Waals surface area contributed by atoms with Crippen molar-refractivity contribution in [2.75, 3.05) is 27.3 Å². The van der Waals surface area contributed by atoms with Gasteiger partial charge in [-0.3, -0.25) is 13.8 Å². The summed E-state index contributed by atoms with van der Waals surface area (Å²) in [4.78, 5) is 13.4. The standard InChI is InChI=1S/C10H19ClNO5P/c1-5-12(6-2)10(13)7-9(8-11)17-18(14,15-3)16-4/h8H,5-7H2,1-4H3/b9-8+. The van der Waals surface area contributed by atoms with E-state index in [2.05, 4.69) is 9.05 Å². The van der Waals surface area contributed by atoms with Crippen LogP contribution in [0.4, 0.5) is 0 Å². The molecule has 0 aromatic rings. The third-order valence-corrected chi connectivity index (χ3v) is 3.84. The van der Waals surface area contributed by atoms with Crippen LogP contribution in [0.5, 0.6) is 0 Å². The van der Waals surface area contributed by atoms with Crippen molar-refractivity contribution < 1.29 is 22.9 Å². The second-order valence-corrected chi connectivity index (χ2v) is 5.25. The molecule has 0 aliphatic heterocycles. The zero-order chi connectivity index (χ0) is 14.2. The molecule has 0 atom stereocenters. The minimum absolute atomic E-state index is 0.0422. The van der Waals surface area contributed by atoms with Crippen LogP contribution in [-0.2, 0) is 22.9 Å². The van der Waals surface area contributed by atoms with Crippen molar-refractivity contribution >= 4 is 25.3 Å². The van der Waals surface area contributed by atoms with Gasteiger partial charge in [0.1, 0.15) is 5.76 Å². The minimum Gasteiger partial charge on any atom is -0.407 e. The maximum atomic E-state index is 11.8. The Morgan fingerprint density at radius 3 is 2.11 bits per heavy atom. The fraction of sp³-hybridized carbons (Fsp3) is 0.700. The summed E-state index contributed by atoms with van der Waals surface area (Å²) >= 11 is 5.53. The molecule has 0 fully saturated rings. The number of phosphoric ester groups is 1. The van der Waals surface area contributed by atoms with Crippen molar-refractivity contribution in [1.82, 2.24) is 4.90 Å². The average Bonchev–Trinajstić information content (AvgIpc) is 2.39. The number of phosphoric acid groups is 1. The predicted octanol–water partition coefficient (Wildman–Crippen LogP) is 2.74. The lowest BCUT2D eigenvalue weighted by molar-refractivity contribution is -0.130. The van der Waals surface area contributed by atoms with Gasteiger partial charge in [0.05, 0.1) is 6.42 Å². The van der Waals surface area contributed by atoms with E-state index in [1.54, 1.807) is 4.90 Å². The lowest BCUT2D eigenvalue weighted by Gasteiger charge is -2.20. The van der Waals surface area contributed by atoms with E-state index in [1.165, 1.54) is 14.2 Å². The molecule has 0 aliphatic carbocycles. The molecule has 0 aromatic heterocycles. The summed E-state index contributed by atoms with van der Waals surface area (Å²) in [5.74, 6) is -0.133. The van der Waals surface area contributed by atoms with Crippen LogP contribution in [0.15, 0.2) is 11.3 Å². The molecule has 0 aromatic carbocycles. The summed E-state index contributed by atoms with van der Waals surface area (Å²) in [6.07, 6.45) is -0.0953. The monoisotopic (exact) mass is 299 g/mol. The first-order chi connectivity index (χ1) is 8.46. The van der Waals surface area contributed by atoms with E-state index in [9.17, 15) is 9.36 Å². The molecular weight excluding hydrogens is 281 g/mol. The molecule has 0 saturated heterocycles. The molecule has 0 spiro atoms. The molecule has 0 heterocycles. The third kappa shape index (κ3) is 5.40. The maximum Gasteiger partial charge on any atom is 0.529 e. The Kier molecular flexibility index (Phi) is 8.27. The highest BCUT2D eigenvalue weighted by molar-refractivity contribution is 7.48. The summed E-state index contributed by atoms with van der Waals surface area (Å²) in [5, 5.41) is 0. The van der Waals surface area contributed by atoms with Gasteiger partial charge in [-0.05, 0) is 13.8 Å². The van der Waals surface area contributed by atoms with Gasteiger partial charge in [0.25, 0.3) is 0 Å². The molecule has 18 heavy (non-hydrogen) atoms. The largest absolute Gasteiger partial charge is 0.529 e. The maximum absolute atomic E-state index is 11.8. The van der Waals surface area contributed by atoms with Gasteiger partial charge >= 0.3 is 7.82 Å². The van der Waals surface area contributed by atoms with E-state index >= 15 is 0 Å². The van der Waals surface area contributed by atoms with Crippen LogP contribution >= 0.6 is 19.4 Å². The topological polar surface area (TPSA) is 65.1 Å². The lowest BCUT2D eigenvalue weighted by atomic mass is 10.3. The first kappa shape index (κ1) is 17.4. The Bertz CT molecular complexity index is 335. The van der Waals surface area contributed by atoms with Crippen molar-refractivity contribution in [3.63, 3.8) is 0 Å². The zero-order valence-corrected chi connectivity index (χ0v) is 12.7. The summed E-state index contributed by atoms with van der Waals surface area (Å²) in [7, 11) is -1.31. The number of rotatable bonds is 8. The number of hydrogen-bond donors (Lipinski definition) is 0. The van der Waals surface area contributed by atoms with Crippen molar-refractivity contribution in [3.8, 4) is 0 Å². The molecule has 6 nitrogen and oxygen atoms in total. The Morgan fingerprint density at radius 1 is 1.28 bits per heavy atom. The van der Waals surface area contributed by atoms with Crippen LogP contribution in [0.2, 0.25) is 0 Å². The Hall–Kier alpha value is -0.550. The second-order valence-electron chi connectivity index (χ2n) is 3.22. The Balaban J connectivity index is 4.64. The van der Waals surface area contributed by atoms with Crippen LogP contribution < -0.4 is 0 Å². The quantitative estimate of drug-likeness (QED) is 0.509. The van der Waals surface area contributed by atoms with Gasteiger partial charge in [0.2, 0.25) is 5.91 Å². The Morgan fingerprint density at radius 2 is 1.78 bits per heavy atom. The molecule has 106 valence electrons. The molecule has 8 heteroatoms. The number of amides is 1. The summed E-state index contributed by atoms with van der Waals surface area (Å²) < 4.78 is 25.9. The van der Waals surface area contributed by atoms with Gasteiger partial charge in [-0.15, -0.1) is 0 Å². The van der Waals surface area contributed by atoms with Crippen molar-refractivity contribution in [1.29, 1.82) is 0 Å². The van der Waals surface area contributed by atoms with Gasteiger partial charge in [-0.1, -0.05) is 11.6 Å². The van der Waals surface area contributed by atoms with E-state index in [0.717, 1.165) is 5.54 Å². The number of carbonyl (C=O) groups excluding carboxylic acids is 1. The molecule has 0 bridgehead atoms. The SMILES string of the molecule is CCN(CC)C(=O)C/C(=C\Cl)OP(=O)(OC)OC. The van der Waals surface area contributed by atoms with Crippen molar-refractivity contribution in [2.24, 2.45) is 0 Å². The van der Waals surface area contributed by atoms with Crippen molar-refractivity contribution in [3.05, 3.63) is 11.3 Å². The molecular formula is C10H19ClNO5P. The number of carbonyl (C=O) groups is 1.